The first-order chi connectivity index (χ1) is 30.3. The second kappa shape index (κ2) is 22.7. The first kappa shape index (κ1) is 44.7. The second-order valence-electron chi connectivity index (χ2n) is 16.7. The van der Waals surface area contributed by atoms with Gasteiger partial charge in [-0.15, -0.1) is 0 Å². The summed E-state index contributed by atoms with van der Waals surface area (Å²) in [4.78, 5) is 0. The van der Waals surface area contributed by atoms with E-state index < -0.39 is 31.7 Å². The van der Waals surface area contributed by atoms with Crippen LogP contribution in [0.25, 0.3) is 0 Å². The number of hydrogen-bond acceptors (Lipinski definition) is 0. The van der Waals surface area contributed by atoms with Gasteiger partial charge in [-0.05, 0) is 103 Å². The molecule has 5 heteroatoms. The third-order valence-corrected chi connectivity index (χ3v) is 25.0. The van der Waals surface area contributed by atoms with Crippen LogP contribution < -0.4 is 42.4 Å². The summed E-state index contributed by atoms with van der Waals surface area (Å²) in [5, 5.41) is 12.4. The van der Waals surface area contributed by atoms with E-state index >= 15 is 0 Å². The molecule has 0 heterocycles. The Kier molecular flexibility index (Phi) is 16.4. The summed E-state index contributed by atoms with van der Waals surface area (Å²) < 4.78 is 0. The Balaban J connectivity index is 0.00000529. The standard InChI is InChI=1S/C57H54P4.Pd/c1-9-25-48(26-10-1)58(49-27-11-2-12-28-49)42-46-41-47(43-59(50-29-13-3-14-30-50)51-31-15-4-16-32-51)57(45-61(54-37-21-7-22-38-54)55-39-23-8-24-40-55)56(46)44-60(52-33-17-5-18-34-52)53-35-19-6-20-36-53;/h1-40,46-47,56-57H,41-45H2;/p+4/t46-,47?,56+,57-;/m1./s1. The van der Waals surface area contributed by atoms with Crippen molar-refractivity contribution in [3.8, 4) is 0 Å². The van der Waals surface area contributed by atoms with Crippen LogP contribution in [0.1, 0.15) is 6.42 Å². The fourth-order valence-electron chi connectivity index (χ4n) is 10.3. The quantitative estimate of drug-likeness (QED) is 0.0669. The van der Waals surface area contributed by atoms with Crippen LogP contribution in [0.2, 0.25) is 0 Å². The van der Waals surface area contributed by atoms with Crippen LogP contribution in [0, 0.1) is 23.7 Å². The molecule has 1 unspecified atom stereocenters. The van der Waals surface area contributed by atoms with E-state index in [1.165, 1.54) is 31.1 Å². The minimum absolute atomic E-state index is 0. The molecule has 4 atom stereocenters. The molecule has 8 aromatic carbocycles. The summed E-state index contributed by atoms with van der Waals surface area (Å²) in [5.74, 6) is 2.46. The van der Waals surface area contributed by atoms with Gasteiger partial charge in [0.05, 0.1) is 98.8 Å². The molecule has 1 aliphatic rings. The van der Waals surface area contributed by atoms with Gasteiger partial charge in [0.1, 0.15) is 0 Å². The van der Waals surface area contributed by atoms with Gasteiger partial charge in [0.2, 0.25) is 0 Å². The van der Waals surface area contributed by atoms with Gasteiger partial charge >= 0.3 is 0 Å². The summed E-state index contributed by atoms with van der Waals surface area (Å²) in [6.07, 6.45) is 6.37. The maximum Gasteiger partial charge on any atom is 0.0967 e. The molecule has 0 aromatic heterocycles. The molecule has 62 heavy (non-hydrogen) atoms. The smallest absolute Gasteiger partial charge is 0.0620 e. The van der Waals surface area contributed by atoms with Crippen molar-refractivity contribution in [2.24, 2.45) is 23.7 Å². The molecular formula is C57H58P4Pd+4. The monoisotopic (exact) mass is 972 g/mol. The molecule has 0 saturated heterocycles. The van der Waals surface area contributed by atoms with Crippen molar-refractivity contribution in [2.45, 2.75) is 6.42 Å². The fraction of sp³-hybridized carbons (Fsp3) is 0.158. The van der Waals surface area contributed by atoms with E-state index in [-0.39, 0.29) is 20.4 Å². The van der Waals surface area contributed by atoms with Crippen molar-refractivity contribution in [2.75, 3.05) is 24.6 Å². The van der Waals surface area contributed by atoms with Crippen LogP contribution >= 0.6 is 31.7 Å². The topological polar surface area (TPSA) is 0 Å². The van der Waals surface area contributed by atoms with Gasteiger partial charge in [0.15, 0.2) is 0 Å². The first-order valence-electron chi connectivity index (χ1n) is 22.1. The van der Waals surface area contributed by atoms with E-state index in [2.05, 4.69) is 243 Å². The first-order valence-corrected chi connectivity index (χ1v) is 29.0. The largest absolute Gasteiger partial charge is 0.0967 e. The molecule has 0 nitrogen and oxygen atoms in total. The van der Waals surface area contributed by atoms with Gasteiger partial charge in [-0.3, -0.25) is 0 Å². The number of rotatable bonds is 16. The normalized spacial score (nSPS) is 17.4. The van der Waals surface area contributed by atoms with Gasteiger partial charge in [-0.1, -0.05) is 146 Å². The zero-order chi connectivity index (χ0) is 41.1. The maximum absolute atomic E-state index is 2.44. The summed E-state index contributed by atoms with van der Waals surface area (Å²) in [6, 6.07) is 93.0. The van der Waals surface area contributed by atoms with Crippen molar-refractivity contribution >= 4 is 74.1 Å². The molecular weight excluding hydrogens is 915 g/mol. The minimum atomic E-state index is -1.10. The van der Waals surface area contributed by atoms with E-state index in [1.807, 2.05) is 0 Å². The Morgan fingerprint density at radius 3 is 0.581 bits per heavy atom. The molecule has 9 rings (SSSR count). The summed E-state index contributed by atoms with van der Waals surface area (Å²) >= 11 is 0. The van der Waals surface area contributed by atoms with E-state index in [1.54, 1.807) is 42.4 Å². The van der Waals surface area contributed by atoms with Gasteiger partial charge in [0, 0.05) is 44.1 Å². The Morgan fingerprint density at radius 2 is 0.403 bits per heavy atom. The average Bonchev–Trinajstić information content (AvgIpc) is 3.67. The number of benzene rings is 8. The molecule has 0 aliphatic heterocycles. The molecule has 0 spiro atoms. The third-order valence-electron chi connectivity index (χ3n) is 13.2. The summed E-state index contributed by atoms with van der Waals surface area (Å²) in [5.41, 5.74) is 0. The van der Waals surface area contributed by atoms with E-state index in [0.717, 1.165) is 0 Å². The van der Waals surface area contributed by atoms with E-state index in [4.69, 9.17) is 0 Å². The predicted molar refractivity (Wildman–Crippen MR) is 280 cm³/mol. The van der Waals surface area contributed by atoms with Gasteiger partial charge < -0.3 is 0 Å². The summed E-state index contributed by atoms with van der Waals surface area (Å²) in [7, 11) is -4.31. The van der Waals surface area contributed by atoms with Crippen molar-refractivity contribution in [3.05, 3.63) is 243 Å². The van der Waals surface area contributed by atoms with Crippen LogP contribution in [0.5, 0.6) is 0 Å². The molecule has 1 aliphatic carbocycles. The molecule has 1 saturated carbocycles. The van der Waals surface area contributed by atoms with Gasteiger partial charge in [-0.25, -0.2) is 0 Å². The molecule has 0 amide bonds. The number of hydrogen-bond donors (Lipinski definition) is 0. The third kappa shape index (κ3) is 11.1. The predicted octanol–water partition coefficient (Wildman–Crippen LogP) is 10.3. The molecule has 312 valence electrons. The minimum Gasteiger partial charge on any atom is -0.0620 e. The van der Waals surface area contributed by atoms with Crippen molar-refractivity contribution in [1.82, 2.24) is 0 Å². The second-order valence-corrected chi connectivity index (χ2v) is 26.8. The van der Waals surface area contributed by atoms with Crippen LogP contribution in [0.15, 0.2) is 243 Å². The maximum atomic E-state index is 2.44. The van der Waals surface area contributed by atoms with Crippen LogP contribution in [0.3, 0.4) is 0 Å². The van der Waals surface area contributed by atoms with Crippen molar-refractivity contribution < 1.29 is 20.4 Å². The molecule has 0 bridgehead atoms. The van der Waals surface area contributed by atoms with Crippen LogP contribution in [0.4, 0.5) is 0 Å². The molecule has 0 radical (unpaired) electrons. The van der Waals surface area contributed by atoms with Gasteiger partial charge in [0.25, 0.3) is 0 Å². The Morgan fingerprint density at radius 1 is 0.242 bits per heavy atom. The zero-order valence-corrected chi connectivity index (χ0v) is 40.8. The van der Waals surface area contributed by atoms with Crippen LogP contribution in [-0.2, 0) is 20.4 Å². The molecule has 1 fully saturated rings. The fourth-order valence-corrected chi connectivity index (χ4v) is 22.4. The molecule has 0 N–H and O–H groups in total. The van der Waals surface area contributed by atoms with Crippen LogP contribution in [-0.4, -0.2) is 24.6 Å². The average molecular weight is 973 g/mol. The molecule has 8 aromatic rings. The Labute approximate surface area is 389 Å². The Bertz CT molecular complexity index is 2140. The zero-order valence-electron chi connectivity index (χ0n) is 35.3. The van der Waals surface area contributed by atoms with Crippen molar-refractivity contribution in [1.29, 1.82) is 0 Å². The Hall–Kier alpha value is -3.86. The van der Waals surface area contributed by atoms with E-state index in [9.17, 15) is 0 Å². The SMILES string of the molecule is [Pd].c1ccc([PH+](CC2C[C@H](C[PH+](c3ccccc3)c3ccccc3)[C@H](C[PH+](c3ccccc3)c3ccccc3)[C@@H]2C[PH+](c2ccccc2)c2ccccc2)c2ccccc2)cc1. The van der Waals surface area contributed by atoms with E-state index in [0.29, 0.717) is 23.7 Å². The van der Waals surface area contributed by atoms with Crippen molar-refractivity contribution in [3.63, 3.8) is 0 Å². The van der Waals surface area contributed by atoms with Gasteiger partial charge in [-0.2, -0.15) is 0 Å². The summed E-state index contributed by atoms with van der Waals surface area (Å²) in [6.45, 7) is 0.